The molecule has 12 nitrogen and oxygen atoms in total. The van der Waals surface area contributed by atoms with Gasteiger partial charge in [0, 0.05) is 0 Å². The molecule has 0 aliphatic rings. The van der Waals surface area contributed by atoms with Gasteiger partial charge in [0.2, 0.25) is 0 Å². The van der Waals surface area contributed by atoms with Crippen LogP contribution < -0.4 is 0 Å². The largest absolute Gasteiger partial charge is 0.507 e. The van der Waals surface area contributed by atoms with E-state index in [4.69, 9.17) is 29.8 Å². The highest BCUT2D eigenvalue weighted by atomic mass is 31.2. The molecule has 0 radical (unpaired) electrons. The number of hydrogen-bond acceptors (Lipinski definition) is 6. The Morgan fingerprint density at radius 1 is 1.00 bits per heavy atom. The van der Waals surface area contributed by atoms with Gasteiger partial charge in [0.25, 0.3) is 0 Å². The minimum Gasteiger partial charge on any atom is -0.450 e. The zero-order valence-electron chi connectivity index (χ0n) is 9.10. The Balaban J connectivity index is 6.07. The van der Waals surface area contributed by atoms with E-state index in [1.807, 2.05) is 0 Å². The second-order valence-corrected chi connectivity index (χ2v) is 7.00. The molecule has 112 valence electrons. The first-order chi connectivity index (χ1) is 8.25. The summed E-state index contributed by atoms with van der Waals surface area (Å²) >= 11 is 0. The molecule has 0 saturated carbocycles. The van der Waals surface area contributed by atoms with E-state index in [9.17, 15) is 18.7 Å². The lowest BCUT2D eigenvalue weighted by molar-refractivity contribution is -0.0389. The molecule has 0 spiro atoms. The Labute approximate surface area is 104 Å². The van der Waals surface area contributed by atoms with E-state index in [1.165, 1.54) is 0 Å². The lowest BCUT2D eigenvalue weighted by atomic mass is 10.4. The van der Waals surface area contributed by atoms with Crippen molar-refractivity contribution >= 4 is 27.5 Å². The lowest BCUT2D eigenvalue weighted by Crippen LogP contribution is -2.46. The Hall–Kier alpha value is -1.16. The summed E-state index contributed by atoms with van der Waals surface area (Å²) in [6.45, 7) is 0.523. The molecular weight excluding hydrogens is 314 g/mol. The zero-order valence-corrected chi connectivity index (χ0v) is 10.9. The van der Waals surface area contributed by atoms with Crippen molar-refractivity contribution < 1.29 is 58.0 Å². The van der Waals surface area contributed by atoms with Crippen LogP contribution in [-0.4, -0.2) is 53.3 Å². The Morgan fingerprint density at radius 2 is 1.37 bits per heavy atom. The molecule has 0 amide bonds. The van der Waals surface area contributed by atoms with E-state index >= 15 is 0 Å². The minimum absolute atomic E-state index is 0.523. The number of carbonyl (C=O) groups is 2. The van der Waals surface area contributed by atoms with Crippen LogP contribution in [0.4, 0.5) is 9.59 Å². The molecule has 0 rings (SSSR count). The predicted molar refractivity (Wildman–Crippen MR) is 54.5 cm³/mol. The molecule has 19 heavy (non-hydrogen) atoms. The summed E-state index contributed by atoms with van der Waals surface area (Å²) < 4.78 is 29.8. The monoisotopic (exact) mass is 324 g/mol. The van der Waals surface area contributed by atoms with Gasteiger partial charge in [-0.3, -0.25) is 9.13 Å². The predicted octanol–water partition coefficient (Wildman–Crippen LogP) is -0.227. The van der Waals surface area contributed by atoms with Crippen molar-refractivity contribution in [2.75, 3.05) is 0 Å². The third-order valence-electron chi connectivity index (χ3n) is 1.88. The molecule has 0 aliphatic heterocycles. The van der Waals surface area contributed by atoms with E-state index in [0.29, 0.717) is 6.92 Å². The van der Waals surface area contributed by atoms with Crippen molar-refractivity contribution in [1.82, 2.24) is 0 Å². The smallest absolute Gasteiger partial charge is 0.450 e. The fraction of sp³-hybridized carbons (Fsp3) is 0.600. The second-order valence-electron chi connectivity index (χ2n) is 3.14. The normalized spacial score (nSPS) is 14.6. The molecule has 0 heterocycles. The first-order valence-corrected chi connectivity index (χ1v) is 7.41. The van der Waals surface area contributed by atoms with Gasteiger partial charge < -0.3 is 39.3 Å². The van der Waals surface area contributed by atoms with Gasteiger partial charge in [0.1, 0.15) is 0 Å². The fourth-order valence-electron chi connectivity index (χ4n) is 1.20. The van der Waals surface area contributed by atoms with Gasteiger partial charge in [-0.05, 0) is 6.92 Å². The first kappa shape index (κ1) is 17.8. The van der Waals surface area contributed by atoms with Crippen LogP contribution in [0.5, 0.6) is 0 Å². The van der Waals surface area contributed by atoms with E-state index in [2.05, 4.69) is 9.47 Å². The quantitative estimate of drug-likeness (QED) is 0.286. The summed E-state index contributed by atoms with van der Waals surface area (Å²) in [6, 6.07) is 0. The Morgan fingerprint density at radius 3 is 1.58 bits per heavy atom. The molecule has 0 aromatic carbocycles. The van der Waals surface area contributed by atoms with Crippen LogP contribution in [0.3, 0.4) is 0 Å². The van der Waals surface area contributed by atoms with Gasteiger partial charge in [0.15, 0.2) is 6.10 Å². The number of rotatable bonds is 5. The molecule has 1 atom stereocenters. The Kier molecular flexibility index (Phi) is 5.12. The molecule has 0 aromatic rings. The first-order valence-electron chi connectivity index (χ1n) is 4.18. The van der Waals surface area contributed by atoms with Crippen LogP contribution in [0.1, 0.15) is 6.92 Å². The average molecular weight is 324 g/mol. The lowest BCUT2D eigenvalue weighted by Gasteiger charge is -2.35. The van der Waals surface area contributed by atoms with E-state index in [-0.39, 0.29) is 0 Å². The number of hydrogen-bond donors (Lipinski definition) is 6. The van der Waals surface area contributed by atoms with Gasteiger partial charge in [-0.15, -0.1) is 0 Å². The van der Waals surface area contributed by atoms with Crippen LogP contribution in [0.2, 0.25) is 0 Å². The summed E-state index contributed by atoms with van der Waals surface area (Å²) in [5.41, 5.74) is 0. The maximum atomic E-state index is 11.2. The van der Waals surface area contributed by atoms with Gasteiger partial charge in [-0.2, -0.15) is 0 Å². The SMILES string of the molecule is CC(OC(=O)O)C(OC(=O)O)(P(=O)(O)O)P(=O)(O)O. The molecule has 0 bridgehead atoms. The minimum atomic E-state index is -5.95. The highest BCUT2D eigenvalue weighted by molar-refractivity contribution is 7.72. The van der Waals surface area contributed by atoms with Crippen molar-refractivity contribution in [3.05, 3.63) is 0 Å². The van der Waals surface area contributed by atoms with Crippen LogP contribution >= 0.6 is 15.2 Å². The van der Waals surface area contributed by atoms with Crippen molar-refractivity contribution in [1.29, 1.82) is 0 Å². The van der Waals surface area contributed by atoms with Crippen LogP contribution in [0, 0.1) is 0 Å². The van der Waals surface area contributed by atoms with Crippen molar-refractivity contribution in [2.24, 2.45) is 0 Å². The molecule has 0 saturated heterocycles. The standard InChI is InChI=1S/C5H10O12P2/c1-2(16-3(6)7)5(17-4(8)9,18(10,11)12)19(13,14)15/h2H,1H3,(H,6,7)(H,8,9)(H2,10,11,12)(H2,13,14,15). The number of ether oxygens (including phenoxy) is 2. The molecule has 0 aliphatic carbocycles. The van der Waals surface area contributed by atoms with Gasteiger partial charge in [0.05, 0.1) is 0 Å². The molecule has 14 heteroatoms. The van der Waals surface area contributed by atoms with Crippen molar-refractivity contribution in [3.8, 4) is 0 Å². The van der Waals surface area contributed by atoms with Crippen LogP contribution in [-0.2, 0) is 18.6 Å². The van der Waals surface area contributed by atoms with E-state index in [1.54, 1.807) is 0 Å². The molecule has 0 aromatic heterocycles. The van der Waals surface area contributed by atoms with Crippen molar-refractivity contribution in [3.63, 3.8) is 0 Å². The van der Waals surface area contributed by atoms with E-state index in [0.717, 1.165) is 0 Å². The maximum Gasteiger partial charge on any atom is 0.507 e. The maximum absolute atomic E-state index is 11.2. The molecule has 1 unspecified atom stereocenters. The van der Waals surface area contributed by atoms with Gasteiger partial charge >= 0.3 is 32.6 Å². The third-order valence-corrected chi connectivity index (χ3v) is 6.02. The van der Waals surface area contributed by atoms with Crippen LogP contribution in [0.25, 0.3) is 0 Å². The second kappa shape index (κ2) is 5.45. The topological polar surface area (TPSA) is 208 Å². The fourth-order valence-corrected chi connectivity index (χ4v) is 4.01. The van der Waals surface area contributed by atoms with E-state index < -0.39 is 38.7 Å². The summed E-state index contributed by atoms with van der Waals surface area (Å²) in [5, 5.41) is 12.6. The molecule has 6 N–H and O–H groups in total. The molecule has 0 fully saturated rings. The van der Waals surface area contributed by atoms with Gasteiger partial charge in [-0.1, -0.05) is 0 Å². The molecular formula is C5H10O12P2. The highest BCUT2D eigenvalue weighted by Crippen LogP contribution is 2.71. The summed E-state index contributed by atoms with van der Waals surface area (Å²) in [5.74, 6) is 0. The van der Waals surface area contributed by atoms with Crippen molar-refractivity contribution in [2.45, 2.75) is 18.1 Å². The summed E-state index contributed by atoms with van der Waals surface area (Å²) in [7, 11) is -11.9. The highest BCUT2D eigenvalue weighted by Gasteiger charge is 2.69. The Bertz CT molecular complexity index is 435. The van der Waals surface area contributed by atoms with Crippen LogP contribution in [0.15, 0.2) is 0 Å². The van der Waals surface area contributed by atoms with Gasteiger partial charge in [-0.25, -0.2) is 9.59 Å². The number of carboxylic acid groups (broad SMARTS) is 2. The zero-order chi connectivity index (χ0) is 15.6. The summed E-state index contributed by atoms with van der Waals surface area (Å²) in [6.07, 6.45) is -7.05. The third kappa shape index (κ3) is 3.66. The summed E-state index contributed by atoms with van der Waals surface area (Å²) in [4.78, 5) is 56.5. The average Bonchev–Trinajstić information content (AvgIpc) is 2.07.